The van der Waals surface area contributed by atoms with Crippen molar-refractivity contribution in [3.8, 4) is 0 Å². The third-order valence-electron chi connectivity index (χ3n) is 2.13. The highest BCUT2D eigenvalue weighted by atomic mass is 79.9. The molecule has 0 bridgehead atoms. The van der Waals surface area contributed by atoms with Crippen molar-refractivity contribution in [1.82, 2.24) is 4.72 Å². The van der Waals surface area contributed by atoms with Crippen LogP contribution in [0.25, 0.3) is 0 Å². The SMILES string of the molecule is CC(C)(NS(=O)(=O)c1ccc(Br)cc1)C(N)=S. The second-order valence-electron chi connectivity index (χ2n) is 4.05. The van der Waals surface area contributed by atoms with Crippen molar-refractivity contribution in [3.63, 3.8) is 0 Å². The van der Waals surface area contributed by atoms with E-state index in [4.69, 9.17) is 18.0 Å². The quantitative estimate of drug-likeness (QED) is 0.822. The predicted molar refractivity (Wildman–Crippen MR) is 75.3 cm³/mol. The lowest BCUT2D eigenvalue weighted by molar-refractivity contribution is 0.546. The van der Waals surface area contributed by atoms with Gasteiger partial charge in [-0.25, -0.2) is 8.42 Å². The summed E-state index contributed by atoms with van der Waals surface area (Å²) in [5.74, 6) is 0. The molecule has 0 radical (unpaired) electrons. The van der Waals surface area contributed by atoms with E-state index in [1.54, 1.807) is 26.0 Å². The summed E-state index contributed by atoms with van der Waals surface area (Å²) in [7, 11) is -3.62. The van der Waals surface area contributed by atoms with Crippen molar-refractivity contribution < 1.29 is 8.42 Å². The van der Waals surface area contributed by atoms with Crippen molar-refractivity contribution >= 4 is 43.2 Å². The van der Waals surface area contributed by atoms with Crippen LogP contribution in [0.5, 0.6) is 0 Å². The Balaban J connectivity index is 3.05. The molecule has 0 aliphatic rings. The van der Waals surface area contributed by atoms with Crippen molar-refractivity contribution in [1.29, 1.82) is 0 Å². The molecule has 3 N–H and O–H groups in total. The summed E-state index contributed by atoms with van der Waals surface area (Å²) < 4.78 is 27.3. The number of thiocarbonyl (C=S) groups is 1. The van der Waals surface area contributed by atoms with E-state index in [1.807, 2.05) is 0 Å². The second-order valence-corrected chi connectivity index (χ2v) is 7.09. The average Bonchev–Trinajstić information content (AvgIpc) is 2.16. The molecule has 1 rings (SSSR count). The van der Waals surface area contributed by atoms with Gasteiger partial charge in [-0.2, -0.15) is 4.72 Å². The molecule has 0 heterocycles. The summed E-state index contributed by atoms with van der Waals surface area (Å²) >= 11 is 8.05. The molecule has 1 aromatic rings. The molecule has 0 atom stereocenters. The molecule has 0 amide bonds. The van der Waals surface area contributed by atoms with Crippen LogP contribution < -0.4 is 10.5 Å². The summed E-state index contributed by atoms with van der Waals surface area (Å²) in [6, 6.07) is 6.31. The van der Waals surface area contributed by atoms with Gasteiger partial charge in [-0.15, -0.1) is 0 Å². The van der Waals surface area contributed by atoms with Gasteiger partial charge >= 0.3 is 0 Å². The summed E-state index contributed by atoms with van der Waals surface area (Å²) in [6.07, 6.45) is 0. The number of halogens is 1. The summed E-state index contributed by atoms with van der Waals surface area (Å²) in [6.45, 7) is 3.23. The van der Waals surface area contributed by atoms with E-state index in [-0.39, 0.29) is 9.88 Å². The molecule has 1 aromatic carbocycles. The number of hydrogen-bond acceptors (Lipinski definition) is 3. The Hall–Kier alpha value is -0.500. The Morgan fingerprint density at radius 1 is 1.35 bits per heavy atom. The smallest absolute Gasteiger partial charge is 0.241 e. The van der Waals surface area contributed by atoms with Crippen LogP contribution in [0.4, 0.5) is 0 Å². The first-order valence-corrected chi connectivity index (χ1v) is 7.43. The number of rotatable bonds is 4. The molecular weight excluding hydrogens is 324 g/mol. The van der Waals surface area contributed by atoms with Crippen LogP contribution in [0.2, 0.25) is 0 Å². The zero-order chi connectivity index (χ0) is 13.3. The fraction of sp³-hybridized carbons (Fsp3) is 0.300. The predicted octanol–water partition coefficient (Wildman–Crippen LogP) is 1.79. The van der Waals surface area contributed by atoms with Gasteiger partial charge in [0, 0.05) is 4.47 Å². The van der Waals surface area contributed by atoms with E-state index < -0.39 is 15.6 Å². The topological polar surface area (TPSA) is 72.2 Å². The van der Waals surface area contributed by atoms with E-state index in [0.717, 1.165) is 4.47 Å². The Morgan fingerprint density at radius 2 is 1.82 bits per heavy atom. The van der Waals surface area contributed by atoms with Crippen molar-refractivity contribution in [2.45, 2.75) is 24.3 Å². The molecule has 0 spiro atoms. The molecule has 4 nitrogen and oxygen atoms in total. The lowest BCUT2D eigenvalue weighted by atomic mass is 10.1. The maximum absolute atomic E-state index is 12.0. The largest absolute Gasteiger partial charge is 0.392 e. The Bertz CT molecular complexity index is 524. The van der Waals surface area contributed by atoms with Crippen LogP contribution in [0.3, 0.4) is 0 Å². The zero-order valence-electron chi connectivity index (χ0n) is 9.40. The summed E-state index contributed by atoms with van der Waals surface area (Å²) in [5.41, 5.74) is 4.52. The first-order chi connectivity index (χ1) is 7.65. The van der Waals surface area contributed by atoms with Crippen molar-refractivity contribution in [3.05, 3.63) is 28.7 Å². The van der Waals surface area contributed by atoms with E-state index in [9.17, 15) is 8.42 Å². The highest BCUT2D eigenvalue weighted by Gasteiger charge is 2.28. The molecule has 0 saturated heterocycles. The van der Waals surface area contributed by atoms with Crippen LogP contribution in [-0.4, -0.2) is 18.9 Å². The van der Waals surface area contributed by atoms with Crippen molar-refractivity contribution in [2.24, 2.45) is 5.73 Å². The highest BCUT2D eigenvalue weighted by Crippen LogP contribution is 2.16. The number of nitrogens with one attached hydrogen (secondary N) is 1. The van der Waals surface area contributed by atoms with Crippen LogP contribution in [0, 0.1) is 0 Å². The first-order valence-electron chi connectivity index (χ1n) is 4.74. The molecule has 17 heavy (non-hydrogen) atoms. The lowest BCUT2D eigenvalue weighted by Crippen LogP contribution is -2.51. The van der Waals surface area contributed by atoms with Gasteiger partial charge in [0.05, 0.1) is 15.4 Å². The maximum Gasteiger partial charge on any atom is 0.241 e. The van der Waals surface area contributed by atoms with Crippen LogP contribution >= 0.6 is 28.1 Å². The minimum absolute atomic E-state index is 0.0955. The normalized spacial score (nSPS) is 12.4. The number of nitrogens with two attached hydrogens (primary N) is 1. The number of hydrogen-bond donors (Lipinski definition) is 2. The van der Waals surface area contributed by atoms with Crippen LogP contribution in [-0.2, 0) is 10.0 Å². The minimum Gasteiger partial charge on any atom is -0.392 e. The molecular formula is C10H13BrN2O2S2. The van der Waals surface area contributed by atoms with Gasteiger partial charge in [0.1, 0.15) is 0 Å². The standard InChI is InChI=1S/C10H13BrN2O2S2/c1-10(2,9(12)16)13-17(14,15)8-5-3-7(11)4-6-8/h3-6,13H,1-2H3,(H2,12,16). The molecule has 0 unspecified atom stereocenters. The van der Waals surface area contributed by atoms with Crippen LogP contribution in [0.15, 0.2) is 33.6 Å². The molecule has 0 aromatic heterocycles. The van der Waals surface area contributed by atoms with Gasteiger partial charge < -0.3 is 5.73 Å². The van der Waals surface area contributed by atoms with E-state index in [0.29, 0.717) is 0 Å². The fourth-order valence-electron chi connectivity index (χ4n) is 1.06. The van der Waals surface area contributed by atoms with Crippen molar-refractivity contribution in [2.75, 3.05) is 0 Å². The third-order valence-corrected chi connectivity index (χ3v) is 4.84. The maximum atomic E-state index is 12.0. The van der Waals surface area contributed by atoms with Crippen LogP contribution in [0.1, 0.15) is 13.8 Å². The molecule has 94 valence electrons. The lowest BCUT2D eigenvalue weighted by Gasteiger charge is -2.24. The van der Waals surface area contributed by atoms with E-state index in [2.05, 4.69) is 20.7 Å². The average molecular weight is 337 g/mol. The monoisotopic (exact) mass is 336 g/mol. The minimum atomic E-state index is -3.62. The van der Waals surface area contributed by atoms with Gasteiger partial charge in [-0.05, 0) is 38.1 Å². The van der Waals surface area contributed by atoms with E-state index in [1.165, 1.54) is 12.1 Å². The first kappa shape index (κ1) is 14.6. The van der Waals surface area contributed by atoms with Gasteiger partial charge in [-0.1, -0.05) is 28.1 Å². The van der Waals surface area contributed by atoms with E-state index >= 15 is 0 Å². The summed E-state index contributed by atoms with van der Waals surface area (Å²) in [4.78, 5) is 0.267. The van der Waals surface area contributed by atoms with Gasteiger partial charge in [0.15, 0.2) is 0 Å². The number of benzene rings is 1. The molecule has 0 aliphatic heterocycles. The summed E-state index contributed by atoms with van der Waals surface area (Å²) in [5, 5.41) is 0. The zero-order valence-corrected chi connectivity index (χ0v) is 12.6. The highest BCUT2D eigenvalue weighted by molar-refractivity contribution is 9.10. The van der Waals surface area contributed by atoms with Gasteiger partial charge in [0.2, 0.25) is 10.0 Å². The second kappa shape index (κ2) is 5.01. The molecule has 0 aliphatic carbocycles. The number of sulfonamides is 1. The Kier molecular flexibility index (Phi) is 4.29. The molecule has 0 saturated carbocycles. The molecule has 0 fully saturated rings. The Morgan fingerprint density at radius 3 is 2.24 bits per heavy atom. The molecule has 7 heteroatoms. The fourth-order valence-corrected chi connectivity index (χ4v) is 2.83. The Labute approximate surface area is 115 Å². The van der Waals surface area contributed by atoms with Gasteiger partial charge in [-0.3, -0.25) is 0 Å². The van der Waals surface area contributed by atoms with Gasteiger partial charge in [0.25, 0.3) is 0 Å². The third kappa shape index (κ3) is 3.74.